The fourth-order valence-corrected chi connectivity index (χ4v) is 13.3. The molecule has 1 N–H and O–H groups in total. The molecule has 0 amide bonds. The van der Waals surface area contributed by atoms with Crippen LogP contribution in [0.3, 0.4) is 0 Å². The van der Waals surface area contributed by atoms with Gasteiger partial charge in [0.05, 0.1) is 5.56 Å². The largest absolute Gasteiger partial charge is 0.354 e. The molecular weight excluding hydrogens is 1030 g/mol. The molecule has 5 aliphatic heterocycles. The molecule has 0 saturated heterocycles. The lowest BCUT2D eigenvalue weighted by Gasteiger charge is -2.14. The maximum atomic E-state index is 5.70. The lowest BCUT2D eigenvalue weighted by atomic mass is 9.90. The van der Waals surface area contributed by atoms with E-state index in [0.29, 0.717) is 35.0 Å². The third-order valence-corrected chi connectivity index (χ3v) is 18.3. The van der Waals surface area contributed by atoms with Gasteiger partial charge in [0.1, 0.15) is 17.5 Å². The first-order chi connectivity index (χ1) is 41.5. The molecule has 0 aliphatic carbocycles. The number of aromatic amines is 1. The van der Waals surface area contributed by atoms with Gasteiger partial charge in [0, 0.05) is 63.6 Å². The molecule has 0 radical (unpaired) electrons. The van der Waals surface area contributed by atoms with E-state index in [-0.39, 0.29) is 0 Å². The predicted octanol–water partition coefficient (Wildman–Crippen LogP) is 19.2. The predicted molar refractivity (Wildman–Crippen MR) is 355 cm³/mol. The van der Waals surface area contributed by atoms with E-state index in [1.807, 2.05) is 0 Å². The lowest BCUT2D eigenvalue weighted by molar-refractivity contribution is -0.693. The molecule has 10 heteroatoms. The number of benzene rings is 2. The smallest absolute Gasteiger partial charge is 0.180 e. The van der Waals surface area contributed by atoms with Crippen molar-refractivity contribution in [3.8, 4) is 11.1 Å². The van der Waals surface area contributed by atoms with Crippen LogP contribution in [-0.2, 0) is 38.8 Å². The Kier molecular flexibility index (Phi) is 24.7. The number of hydrogen-bond acceptors (Lipinski definition) is 7. The maximum absolute atomic E-state index is 5.70. The number of nitrogens with one attached hydrogen (secondary N) is 1. The molecule has 0 fully saturated rings. The van der Waals surface area contributed by atoms with E-state index < -0.39 is 0 Å². The summed E-state index contributed by atoms with van der Waals surface area (Å²) in [6, 6.07) is 14.0. The van der Waals surface area contributed by atoms with Crippen LogP contribution in [0.5, 0.6) is 0 Å². The summed E-state index contributed by atoms with van der Waals surface area (Å²) in [7, 11) is 0. The molecule has 2 aromatic heterocycles. The number of unbranched alkanes of at least 4 members (excludes halogenated alkanes) is 28. The van der Waals surface area contributed by atoms with Crippen molar-refractivity contribution in [3.63, 3.8) is 0 Å². The second-order valence-electron chi connectivity index (χ2n) is 24.9. The van der Waals surface area contributed by atoms with Gasteiger partial charge in [-0.25, -0.2) is 39.5 Å². The number of H-pyrrole nitrogens is 1. The number of aryl methyl sites for hydroxylation is 6. The summed E-state index contributed by atoms with van der Waals surface area (Å²) in [5, 5.41) is 2.33. The summed E-state index contributed by atoms with van der Waals surface area (Å²) in [5.41, 5.74) is 13.0. The zero-order chi connectivity index (χ0) is 58.3. The SMILES string of the molecule is CCCCCCCCCCc1ccc(CCCCCCCCCC)c2c1C1=NC2=Nc2nc(c3ccn(CC)cc2-3)N=c2[nH]c(c3c(CCCCCCCCCC)ccc(CCCCCCCCCC)c23)=NC2=NC(=N1)c1cc[n+](CC)cc12. The number of aromatic nitrogens is 4. The fourth-order valence-electron chi connectivity index (χ4n) is 13.3. The number of amidine groups is 4. The van der Waals surface area contributed by atoms with Crippen molar-refractivity contribution in [1.82, 2.24) is 14.5 Å². The van der Waals surface area contributed by atoms with Gasteiger partial charge in [-0.15, -0.1) is 0 Å². The maximum Gasteiger partial charge on any atom is 0.180 e. The number of hydrogen-bond donors (Lipinski definition) is 1. The Hall–Kier alpha value is -5.90. The Morgan fingerprint density at radius 1 is 0.369 bits per heavy atom. The van der Waals surface area contributed by atoms with Crippen molar-refractivity contribution in [3.05, 3.63) is 117 Å². The average Bonchev–Trinajstić information content (AvgIpc) is 3.18. The molecule has 0 atom stereocenters. The summed E-state index contributed by atoms with van der Waals surface area (Å²) in [5.74, 6) is 4.01. The molecule has 10 nitrogen and oxygen atoms in total. The van der Waals surface area contributed by atoms with Crippen LogP contribution < -0.4 is 15.5 Å². The molecule has 9 rings (SSSR count). The Morgan fingerprint density at radius 2 is 0.774 bits per heavy atom. The highest BCUT2D eigenvalue weighted by atomic mass is 15.1. The zero-order valence-corrected chi connectivity index (χ0v) is 53.2. The zero-order valence-electron chi connectivity index (χ0n) is 53.2. The Balaban J connectivity index is 1.21. The molecule has 7 heterocycles. The van der Waals surface area contributed by atoms with Crippen LogP contribution in [0.15, 0.2) is 91.1 Å². The quantitative estimate of drug-likeness (QED) is 0.0302. The highest BCUT2D eigenvalue weighted by Gasteiger charge is 2.33. The summed E-state index contributed by atoms with van der Waals surface area (Å²) in [6.45, 7) is 15.3. The van der Waals surface area contributed by atoms with Gasteiger partial charge in [0.25, 0.3) is 0 Å². The van der Waals surface area contributed by atoms with Crippen LogP contribution in [-0.4, -0.2) is 37.9 Å². The number of rotatable bonds is 38. The molecule has 0 spiro atoms. The van der Waals surface area contributed by atoms with Crippen molar-refractivity contribution in [2.75, 3.05) is 0 Å². The number of fused-ring (bicyclic) bond motifs is 18. The van der Waals surface area contributed by atoms with E-state index in [9.17, 15) is 0 Å². The lowest BCUT2D eigenvalue weighted by Crippen LogP contribution is -2.32. The minimum Gasteiger partial charge on any atom is -0.354 e. The highest BCUT2D eigenvalue weighted by molar-refractivity contribution is 6.30. The van der Waals surface area contributed by atoms with E-state index in [1.165, 1.54) is 213 Å². The summed E-state index contributed by atoms with van der Waals surface area (Å²) in [4.78, 5) is 43.2. The number of nitrogens with zero attached hydrogens (tertiary/aromatic N) is 9. The molecule has 0 unspecified atom stereocenters. The van der Waals surface area contributed by atoms with Gasteiger partial charge < -0.3 is 9.55 Å². The van der Waals surface area contributed by atoms with Crippen LogP contribution in [0.2, 0.25) is 0 Å². The number of pyridine rings is 2. The standard InChI is InChI=1S/C74H105N10/c1-7-13-17-21-25-29-33-37-41-55-45-47-57(43-39-35-31-27-23-19-15-9-3)65-63(55)71-77-67-59-49-51-83(11-5)53-61(59)70(75-67)80-74-66-58(44-40-36-32-28-24-20-16-10-4)48-46-56(42-38-34-30-26-22-18-14-8-2)64(66)72(82-74)78-68-60-50-52-84(12-6)54-62(60)69(76-68)79-73(65)81-71/h45-54H,7-44H2,1-6H3,(H,75,76,77,78,79,80,81,82)/q+1. The minimum absolute atomic E-state index is 0.648. The summed E-state index contributed by atoms with van der Waals surface area (Å²) in [6.07, 6.45) is 53.6. The Labute approximate surface area is 505 Å². The van der Waals surface area contributed by atoms with Crippen molar-refractivity contribution < 1.29 is 4.57 Å². The average molecular weight is 1130 g/mol. The summed E-state index contributed by atoms with van der Waals surface area (Å²) >= 11 is 0. The molecule has 450 valence electrons. The molecular formula is C74H105N10+. The normalized spacial score (nSPS) is 13.5. The Bertz CT molecular complexity index is 3290. The van der Waals surface area contributed by atoms with Gasteiger partial charge in [0.2, 0.25) is 0 Å². The van der Waals surface area contributed by atoms with Gasteiger partial charge in [-0.1, -0.05) is 232 Å². The van der Waals surface area contributed by atoms with Gasteiger partial charge in [-0.3, -0.25) is 0 Å². The second-order valence-corrected chi connectivity index (χ2v) is 24.9. The second kappa shape index (κ2) is 33.1. The van der Waals surface area contributed by atoms with Gasteiger partial charge >= 0.3 is 0 Å². The first-order valence-corrected chi connectivity index (χ1v) is 34.6. The fraction of sp³-hybridized carbons (Fsp3) is 0.595. The van der Waals surface area contributed by atoms with Crippen LogP contribution in [0.4, 0.5) is 11.6 Å². The van der Waals surface area contributed by atoms with Crippen molar-refractivity contribution in [1.29, 1.82) is 0 Å². The van der Waals surface area contributed by atoms with Crippen molar-refractivity contribution in [2.45, 2.75) is 286 Å². The highest BCUT2D eigenvalue weighted by Crippen LogP contribution is 2.42. The Morgan fingerprint density at radius 3 is 1.26 bits per heavy atom. The monoisotopic (exact) mass is 1130 g/mol. The first kappa shape index (κ1) is 62.6. The van der Waals surface area contributed by atoms with Gasteiger partial charge in [0.15, 0.2) is 47.4 Å². The third-order valence-electron chi connectivity index (χ3n) is 18.3. The van der Waals surface area contributed by atoms with Crippen LogP contribution in [0.25, 0.3) is 21.9 Å². The molecule has 8 bridgehead atoms. The third kappa shape index (κ3) is 16.3. The number of aliphatic imine (C=N–C) groups is 4. The molecule has 5 aliphatic rings. The summed E-state index contributed by atoms with van der Waals surface area (Å²) < 4.78 is 4.46. The van der Waals surface area contributed by atoms with Gasteiger partial charge in [-0.2, -0.15) is 0 Å². The van der Waals surface area contributed by atoms with Gasteiger partial charge in [-0.05, 0) is 93.5 Å². The molecule has 84 heavy (non-hydrogen) atoms. The van der Waals surface area contributed by atoms with E-state index in [4.69, 9.17) is 34.9 Å². The van der Waals surface area contributed by atoms with Crippen LogP contribution >= 0.6 is 0 Å². The van der Waals surface area contributed by atoms with Crippen molar-refractivity contribution >= 4 is 45.8 Å². The molecule has 0 saturated carbocycles. The van der Waals surface area contributed by atoms with E-state index in [1.54, 1.807) is 0 Å². The van der Waals surface area contributed by atoms with E-state index in [2.05, 4.69) is 117 Å². The molecule has 4 aromatic rings. The van der Waals surface area contributed by atoms with E-state index >= 15 is 0 Å². The first-order valence-electron chi connectivity index (χ1n) is 34.6. The van der Waals surface area contributed by atoms with Crippen molar-refractivity contribution in [2.24, 2.45) is 30.0 Å². The van der Waals surface area contributed by atoms with Crippen LogP contribution in [0, 0.1) is 0 Å². The van der Waals surface area contributed by atoms with E-state index in [0.717, 1.165) is 109 Å². The topological polar surface area (TPSA) is 112 Å². The minimum atomic E-state index is 0.648. The molecule has 2 aromatic carbocycles. The van der Waals surface area contributed by atoms with Crippen LogP contribution in [0.1, 0.15) is 292 Å².